The summed E-state index contributed by atoms with van der Waals surface area (Å²) in [6.45, 7) is 1.11. The van der Waals surface area contributed by atoms with Crippen LogP contribution in [0.25, 0.3) is 38.9 Å². The van der Waals surface area contributed by atoms with Gasteiger partial charge in [-0.05, 0) is 23.1 Å². The maximum absolute atomic E-state index is 16.4. The van der Waals surface area contributed by atoms with Crippen LogP contribution in [-0.2, 0) is 4.79 Å². The number of aromatic nitrogens is 3. The largest absolute Gasteiger partial charge is 0.467 e. The molecule has 0 bridgehead atoms. The zero-order chi connectivity index (χ0) is 28.7. The summed E-state index contributed by atoms with van der Waals surface area (Å²) in [5.74, 6) is -1.82. The van der Waals surface area contributed by atoms with E-state index in [2.05, 4.69) is 15.0 Å². The van der Waals surface area contributed by atoms with Gasteiger partial charge in [0.1, 0.15) is 16.3 Å². The van der Waals surface area contributed by atoms with Crippen molar-refractivity contribution in [3.8, 4) is 17.1 Å². The van der Waals surface area contributed by atoms with E-state index in [9.17, 15) is 9.18 Å². The van der Waals surface area contributed by atoms with Gasteiger partial charge in [-0.1, -0.05) is 53.5 Å². The minimum Gasteiger partial charge on any atom is -0.467 e. The molecule has 1 saturated heterocycles. The Balaban J connectivity index is 1.36. The lowest BCUT2D eigenvalue weighted by Gasteiger charge is -2.35. The van der Waals surface area contributed by atoms with Crippen LogP contribution in [0, 0.1) is 5.82 Å². The molecule has 1 aliphatic rings. The van der Waals surface area contributed by atoms with E-state index in [0.717, 1.165) is 11.5 Å². The van der Waals surface area contributed by atoms with Crippen LogP contribution in [0.15, 0.2) is 59.9 Å². The number of carbonyl (C=O) groups is 1. The lowest BCUT2D eigenvalue weighted by Crippen LogP contribution is -2.49. The van der Waals surface area contributed by atoms with Gasteiger partial charge in [0, 0.05) is 65.2 Å². The van der Waals surface area contributed by atoms with Gasteiger partial charge in [0.05, 0.1) is 12.1 Å². The van der Waals surface area contributed by atoms with Crippen molar-refractivity contribution >= 4 is 74.0 Å². The Morgan fingerprint density at radius 1 is 1.07 bits per heavy atom. The molecule has 1 fully saturated rings. The highest BCUT2D eigenvalue weighted by Crippen LogP contribution is 2.42. The molecule has 5 aromatic rings. The average molecular weight is 612 g/mol. The molecule has 0 atom stereocenters. The molecule has 2 aromatic heterocycles. The minimum atomic E-state index is -0.877. The molecule has 41 heavy (non-hydrogen) atoms. The lowest BCUT2D eigenvalue weighted by atomic mass is 9.96. The molecule has 0 unspecified atom stereocenters. The molecule has 1 amide bonds. The van der Waals surface area contributed by atoms with Gasteiger partial charge in [0.15, 0.2) is 11.6 Å². The van der Waals surface area contributed by atoms with Gasteiger partial charge >= 0.3 is 6.01 Å². The SMILES string of the molecule is COc1nc(N2CCN(C(=O)/C(F)=C/c3nccs3)CC2)c2cc(Cl)c(-c3cccc4cccc(Cl)c34)c(F)c2n1. The number of rotatable bonds is 5. The van der Waals surface area contributed by atoms with E-state index in [1.54, 1.807) is 29.8 Å². The number of halogens is 4. The number of anilines is 1. The third-order valence-corrected chi connectivity index (χ3v) is 8.26. The summed E-state index contributed by atoms with van der Waals surface area (Å²) in [4.78, 5) is 28.8. The first-order valence-corrected chi connectivity index (χ1v) is 14.2. The summed E-state index contributed by atoms with van der Waals surface area (Å²) in [6, 6.07) is 12.6. The highest BCUT2D eigenvalue weighted by molar-refractivity contribution is 7.10. The van der Waals surface area contributed by atoms with E-state index >= 15 is 4.39 Å². The number of hydrogen-bond acceptors (Lipinski definition) is 7. The number of methoxy groups -OCH3 is 1. The summed E-state index contributed by atoms with van der Waals surface area (Å²) in [5.41, 5.74) is 0.741. The number of ether oxygens (including phenoxy) is 1. The quantitative estimate of drug-likeness (QED) is 0.199. The fourth-order valence-corrected chi connectivity index (χ4v) is 6.12. The van der Waals surface area contributed by atoms with Crippen molar-refractivity contribution in [2.24, 2.45) is 0 Å². The molecule has 3 aromatic carbocycles. The van der Waals surface area contributed by atoms with Crippen LogP contribution in [0.4, 0.5) is 14.6 Å². The van der Waals surface area contributed by atoms with Crippen LogP contribution in [0.3, 0.4) is 0 Å². The number of fused-ring (bicyclic) bond motifs is 2. The second kappa shape index (κ2) is 11.2. The summed E-state index contributed by atoms with van der Waals surface area (Å²) in [6.07, 6.45) is 2.68. The van der Waals surface area contributed by atoms with Crippen LogP contribution in [0.1, 0.15) is 5.01 Å². The molecule has 208 valence electrons. The van der Waals surface area contributed by atoms with E-state index in [0.29, 0.717) is 45.3 Å². The van der Waals surface area contributed by atoms with Crippen molar-refractivity contribution in [1.29, 1.82) is 0 Å². The predicted octanol–water partition coefficient (Wildman–Crippen LogP) is 7.02. The zero-order valence-corrected chi connectivity index (χ0v) is 23.9. The van der Waals surface area contributed by atoms with Gasteiger partial charge in [-0.25, -0.2) is 13.8 Å². The Hall–Kier alpha value is -3.86. The number of hydrogen-bond donors (Lipinski definition) is 0. The highest BCUT2D eigenvalue weighted by atomic mass is 35.5. The molecule has 1 aliphatic heterocycles. The van der Waals surface area contributed by atoms with Crippen LogP contribution < -0.4 is 9.64 Å². The minimum absolute atomic E-state index is 0.0217. The van der Waals surface area contributed by atoms with Crippen LogP contribution in [0.2, 0.25) is 10.0 Å². The first-order valence-electron chi connectivity index (χ1n) is 12.6. The number of thiazole rings is 1. The fraction of sp³-hybridized carbons (Fsp3) is 0.172. The number of nitrogens with zero attached hydrogens (tertiary/aromatic N) is 5. The van der Waals surface area contributed by atoms with Crippen molar-refractivity contribution in [3.63, 3.8) is 0 Å². The molecule has 6 rings (SSSR count). The first kappa shape index (κ1) is 27.3. The Bertz CT molecular complexity index is 1820. The van der Waals surface area contributed by atoms with Crippen molar-refractivity contribution < 1.29 is 18.3 Å². The molecule has 7 nitrogen and oxygen atoms in total. The van der Waals surface area contributed by atoms with Gasteiger partial charge in [-0.2, -0.15) is 9.97 Å². The predicted molar refractivity (Wildman–Crippen MR) is 159 cm³/mol. The topological polar surface area (TPSA) is 71.5 Å². The fourth-order valence-electron chi connectivity index (χ4n) is 4.99. The summed E-state index contributed by atoms with van der Waals surface area (Å²) >= 11 is 14.5. The van der Waals surface area contributed by atoms with E-state index < -0.39 is 17.6 Å². The number of carbonyl (C=O) groups excluding carboxylic acids is 1. The second-order valence-electron chi connectivity index (χ2n) is 9.26. The standard InChI is InChI=1S/C29H21Cl2F2N5O2S/c1-40-29-35-26-18(14-20(31)24(25(26)33)17-6-2-4-16-5-3-7-19(30)23(16)17)27(36-29)37-9-11-38(12-10-37)28(39)21(32)15-22-34-8-13-41-22/h2-8,13-15H,9-12H2,1H3/b21-15-. The molecule has 12 heteroatoms. The van der Waals surface area contributed by atoms with Crippen molar-refractivity contribution in [3.05, 3.63) is 80.7 Å². The molecular weight excluding hydrogens is 591 g/mol. The Morgan fingerprint density at radius 2 is 1.83 bits per heavy atom. The van der Waals surface area contributed by atoms with E-state index in [1.165, 1.54) is 23.3 Å². The Labute approximate surface area is 247 Å². The van der Waals surface area contributed by atoms with Crippen LogP contribution >= 0.6 is 34.5 Å². The smallest absolute Gasteiger partial charge is 0.318 e. The second-order valence-corrected chi connectivity index (χ2v) is 11.0. The Morgan fingerprint density at radius 3 is 2.54 bits per heavy atom. The maximum atomic E-state index is 16.4. The molecular formula is C29H21Cl2F2N5O2S. The van der Waals surface area contributed by atoms with Gasteiger partial charge in [-0.3, -0.25) is 4.79 Å². The highest BCUT2D eigenvalue weighted by Gasteiger charge is 2.28. The van der Waals surface area contributed by atoms with Crippen LogP contribution in [-0.4, -0.2) is 59.0 Å². The lowest BCUT2D eigenvalue weighted by molar-refractivity contribution is -0.128. The monoisotopic (exact) mass is 611 g/mol. The normalized spacial score (nSPS) is 14.2. The number of piperazine rings is 1. The van der Waals surface area contributed by atoms with Gasteiger partial charge < -0.3 is 14.5 Å². The van der Waals surface area contributed by atoms with Crippen molar-refractivity contribution in [2.45, 2.75) is 0 Å². The average Bonchev–Trinajstić information content (AvgIpc) is 3.50. The van der Waals surface area contributed by atoms with Crippen molar-refractivity contribution in [2.75, 3.05) is 38.2 Å². The van der Waals surface area contributed by atoms with Crippen LogP contribution in [0.5, 0.6) is 6.01 Å². The van der Waals surface area contributed by atoms with Gasteiger partial charge in [0.2, 0.25) is 0 Å². The van der Waals surface area contributed by atoms with Gasteiger partial charge in [0.25, 0.3) is 5.91 Å². The number of benzene rings is 3. The molecule has 0 saturated carbocycles. The molecule has 0 aliphatic carbocycles. The molecule has 0 N–H and O–H groups in total. The maximum Gasteiger partial charge on any atom is 0.318 e. The van der Waals surface area contributed by atoms with E-state index in [-0.39, 0.29) is 35.2 Å². The number of amides is 1. The van der Waals surface area contributed by atoms with Crippen molar-refractivity contribution in [1.82, 2.24) is 19.9 Å². The van der Waals surface area contributed by atoms with Gasteiger partial charge in [-0.15, -0.1) is 11.3 Å². The third kappa shape index (κ3) is 5.07. The molecule has 3 heterocycles. The summed E-state index contributed by atoms with van der Waals surface area (Å²) < 4.78 is 36.3. The summed E-state index contributed by atoms with van der Waals surface area (Å²) in [7, 11) is 1.40. The molecule has 0 spiro atoms. The third-order valence-electron chi connectivity index (χ3n) is 6.92. The first-order chi connectivity index (χ1) is 19.9. The zero-order valence-electron chi connectivity index (χ0n) is 21.6. The Kier molecular flexibility index (Phi) is 7.46. The molecule has 0 radical (unpaired) electrons. The van der Waals surface area contributed by atoms with E-state index in [1.807, 2.05) is 29.2 Å². The summed E-state index contributed by atoms with van der Waals surface area (Å²) in [5, 5.41) is 4.67. The van der Waals surface area contributed by atoms with E-state index in [4.69, 9.17) is 27.9 Å².